The first kappa shape index (κ1) is 18.2. The van der Waals surface area contributed by atoms with Crippen LogP contribution in [-0.2, 0) is 16.1 Å². The first-order chi connectivity index (χ1) is 12.4. The van der Waals surface area contributed by atoms with Crippen LogP contribution in [0, 0.1) is 0 Å². The van der Waals surface area contributed by atoms with Gasteiger partial charge < -0.3 is 11.1 Å². The summed E-state index contributed by atoms with van der Waals surface area (Å²) in [6, 6.07) is 4.34. The number of hydrogen-bond donors (Lipinski definition) is 3. The van der Waals surface area contributed by atoms with E-state index in [1.807, 2.05) is 6.92 Å². The zero-order chi connectivity index (χ0) is 18.8. The molecule has 2 atom stereocenters. The summed E-state index contributed by atoms with van der Waals surface area (Å²) in [6.45, 7) is 2.98. The first-order valence-corrected chi connectivity index (χ1v) is 8.71. The van der Waals surface area contributed by atoms with Gasteiger partial charge in [0.1, 0.15) is 6.04 Å². The number of hydrogen-bond acceptors (Lipinski definition) is 6. The van der Waals surface area contributed by atoms with Crippen LogP contribution in [0.3, 0.4) is 0 Å². The van der Waals surface area contributed by atoms with Crippen LogP contribution in [0.15, 0.2) is 18.2 Å². The Hall–Kier alpha value is -2.58. The highest BCUT2D eigenvalue weighted by molar-refractivity contribution is 6.24. The minimum Gasteiger partial charge on any atom is -0.330 e. The zero-order valence-corrected chi connectivity index (χ0v) is 14.6. The van der Waals surface area contributed by atoms with Crippen molar-refractivity contribution in [1.82, 2.24) is 15.5 Å². The minimum absolute atomic E-state index is 0.106. The number of nitrogens with two attached hydrogens (primary N) is 1. The molecule has 1 saturated heterocycles. The number of imide groups is 2. The van der Waals surface area contributed by atoms with E-state index in [-0.39, 0.29) is 24.8 Å². The Kier molecular flexibility index (Phi) is 5.15. The van der Waals surface area contributed by atoms with E-state index < -0.39 is 23.8 Å². The first-order valence-electron chi connectivity index (χ1n) is 8.71. The number of nitrogens with zero attached hydrogens (tertiary/aromatic N) is 1. The van der Waals surface area contributed by atoms with E-state index in [1.54, 1.807) is 18.2 Å². The Labute approximate surface area is 151 Å². The summed E-state index contributed by atoms with van der Waals surface area (Å²) in [5.41, 5.74) is 6.88. The zero-order valence-electron chi connectivity index (χ0n) is 14.6. The molecular formula is C18H22N4O4. The summed E-state index contributed by atoms with van der Waals surface area (Å²) in [4.78, 5) is 50.1. The molecule has 0 saturated carbocycles. The molecule has 2 aliphatic rings. The van der Waals surface area contributed by atoms with Crippen LogP contribution in [0.25, 0.3) is 0 Å². The van der Waals surface area contributed by atoms with Crippen molar-refractivity contribution < 1.29 is 19.2 Å². The van der Waals surface area contributed by atoms with Crippen LogP contribution >= 0.6 is 0 Å². The van der Waals surface area contributed by atoms with Crippen molar-refractivity contribution in [2.45, 2.75) is 44.8 Å². The Bertz CT molecular complexity index is 776. The van der Waals surface area contributed by atoms with Crippen molar-refractivity contribution in [1.29, 1.82) is 0 Å². The molecule has 2 heterocycles. The number of rotatable bonds is 6. The number of amides is 4. The molecule has 3 rings (SSSR count). The van der Waals surface area contributed by atoms with Crippen molar-refractivity contribution in [3.63, 3.8) is 0 Å². The van der Waals surface area contributed by atoms with Gasteiger partial charge in [-0.3, -0.25) is 29.4 Å². The lowest BCUT2D eigenvalue weighted by Gasteiger charge is -2.27. The van der Waals surface area contributed by atoms with Crippen molar-refractivity contribution in [3.05, 3.63) is 34.9 Å². The fraction of sp³-hybridized carbons (Fsp3) is 0.444. The third-order valence-electron chi connectivity index (χ3n) is 4.80. The van der Waals surface area contributed by atoms with Gasteiger partial charge in [0, 0.05) is 19.0 Å². The second-order valence-corrected chi connectivity index (χ2v) is 6.65. The normalized spacial score (nSPS) is 21.0. The second kappa shape index (κ2) is 7.35. The Morgan fingerprint density at radius 3 is 2.73 bits per heavy atom. The summed E-state index contributed by atoms with van der Waals surface area (Å²) in [6.07, 6.45) is 1.05. The molecule has 0 aliphatic carbocycles. The number of fused-ring (bicyclic) bond motifs is 1. The lowest BCUT2D eigenvalue weighted by molar-refractivity contribution is -0.136. The molecule has 2 aliphatic heterocycles. The molecule has 1 fully saturated rings. The molecular weight excluding hydrogens is 336 g/mol. The molecule has 0 spiro atoms. The van der Waals surface area contributed by atoms with E-state index in [2.05, 4.69) is 10.6 Å². The fourth-order valence-electron chi connectivity index (χ4n) is 3.37. The van der Waals surface area contributed by atoms with Gasteiger partial charge in [0.2, 0.25) is 11.8 Å². The molecule has 2 unspecified atom stereocenters. The molecule has 8 nitrogen and oxygen atoms in total. The average Bonchev–Trinajstić information content (AvgIpc) is 2.85. The summed E-state index contributed by atoms with van der Waals surface area (Å²) in [5.74, 6) is -1.96. The van der Waals surface area contributed by atoms with Gasteiger partial charge in [-0.05, 0) is 37.9 Å². The molecule has 4 N–H and O–H groups in total. The van der Waals surface area contributed by atoms with Gasteiger partial charge in [-0.15, -0.1) is 0 Å². The molecule has 26 heavy (non-hydrogen) atoms. The van der Waals surface area contributed by atoms with Crippen LogP contribution in [0.2, 0.25) is 0 Å². The average molecular weight is 358 g/mol. The van der Waals surface area contributed by atoms with Gasteiger partial charge in [0.25, 0.3) is 11.8 Å². The summed E-state index contributed by atoms with van der Waals surface area (Å²) in [5, 5.41) is 5.48. The van der Waals surface area contributed by atoms with Crippen LogP contribution in [0.1, 0.15) is 52.5 Å². The van der Waals surface area contributed by atoms with Gasteiger partial charge in [0.05, 0.1) is 11.1 Å². The van der Waals surface area contributed by atoms with Crippen molar-refractivity contribution in [2.75, 3.05) is 6.54 Å². The number of benzene rings is 1. The molecule has 8 heteroatoms. The van der Waals surface area contributed by atoms with E-state index in [0.717, 1.165) is 11.3 Å². The molecule has 1 aromatic rings. The third-order valence-corrected chi connectivity index (χ3v) is 4.80. The van der Waals surface area contributed by atoms with Crippen molar-refractivity contribution in [3.8, 4) is 0 Å². The lowest BCUT2D eigenvalue weighted by atomic mass is 10.0. The van der Waals surface area contributed by atoms with E-state index in [9.17, 15) is 19.2 Å². The van der Waals surface area contributed by atoms with Gasteiger partial charge in [-0.25, -0.2) is 0 Å². The van der Waals surface area contributed by atoms with Gasteiger partial charge in [-0.2, -0.15) is 0 Å². The predicted molar refractivity (Wildman–Crippen MR) is 93.1 cm³/mol. The summed E-state index contributed by atoms with van der Waals surface area (Å²) < 4.78 is 0. The standard InChI is InChI=1S/C18H22N4O4/c1-10(7-8-19)20-9-11-3-2-4-12-15(11)18(26)22(17(12)25)13-5-6-14(23)21-16(13)24/h2-4,10,13,20H,5-9,19H2,1H3,(H,21,23,24). The maximum Gasteiger partial charge on any atom is 0.262 e. The SMILES string of the molecule is CC(CCN)NCc1cccc2c1C(=O)N(C1CCC(=O)NC1=O)C2=O. The maximum absolute atomic E-state index is 12.9. The highest BCUT2D eigenvalue weighted by atomic mass is 16.2. The number of carbonyl (C=O) groups is 4. The predicted octanol–water partition coefficient (Wildman–Crippen LogP) is -0.0853. The molecule has 1 aromatic carbocycles. The van der Waals surface area contributed by atoms with E-state index in [0.29, 0.717) is 29.8 Å². The number of nitrogens with one attached hydrogen (secondary N) is 2. The molecule has 0 aromatic heterocycles. The molecule has 0 radical (unpaired) electrons. The summed E-state index contributed by atoms with van der Waals surface area (Å²) in [7, 11) is 0. The Morgan fingerprint density at radius 2 is 2.04 bits per heavy atom. The van der Waals surface area contributed by atoms with Crippen LogP contribution < -0.4 is 16.4 Å². The van der Waals surface area contributed by atoms with E-state index in [4.69, 9.17) is 5.73 Å². The van der Waals surface area contributed by atoms with Crippen molar-refractivity contribution >= 4 is 23.6 Å². The smallest absolute Gasteiger partial charge is 0.262 e. The Balaban J connectivity index is 1.84. The van der Waals surface area contributed by atoms with E-state index >= 15 is 0 Å². The van der Waals surface area contributed by atoms with Crippen LogP contribution in [0.5, 0.6) is 0 Å². The van der Waals surface area contributed by atoms with E-state index in [1.165, 1.54) is 0 Å². The largest absolute Gasteiger partial charge is 0.330 e. The molecule has 4 amide bonds. The highest BCUT2D eigenvalue weighted by Crippen LogP contribution is 2.29. The monoisotopic (exact) mass is 358 g/mol. The molecule has 0 bridgehead atoms. The minimum atomic E-state index is -0.947. The van der Waals surface area contributed by atoms with Gasteiger partial charge in [0.15, 0.2) is 0 Å². The van der Waals surface area contributed by atoms with Gasteiger partial charge >= 0.3 is 0 Å². The quantitative estimate of drug-likeness (QED) is 0.611. The number of carbonyl (C=O) groups excluding carboxylic acids is 4. The van der Waals surface area contributed by atoms with Crippen LogP contribution in [0.4, 0.5) is 0 Å². The van der Waals surface area contributed by atoms with Crippen molar-refractivity contribution in [2.24, 2.45) is 5.73 Å². The fourth-order valence-corrected chi connectivity index (χ4v) is 3.37. The third kappa shape index (κ3) is 3.25. The molecule has 138 valence electrons. The number of piperidine rings is 1. The Morgan fingerprint density at radius 1 is 1.27 bits per heavy atom. The highest BCUT2D eigenvalue weighted by Gasteiger charge is 2.45. The second-order valence-electron chi connectivity index (χ2n) is 6.65. The lowest BCUT2D eigenvalue weighted by Crippen LogP contribution is -2.54. The maximum atomic E-state index is 12.9. The topological polar surface area (TPSA) is 122 Å². The summed E-state index contributed by atoms with van der Waals surface area (Å²) >= 11 is 0. The van der Waals surface area contributed by atoms with Gasteiger partial charge in [-0.1, -0.05) is 12.1 Å². The van der Waals surface area contributed by atoms with Crippen LogP contribution in [-0.4, -0.2) is 47.2 Å².